The summed E-state index contributed by atoms with van der Waals surface area (Å²) in [7, 11) is 0. The van der Waals surface area contributed by atoms with Crippen LogP contribution in [0.5, 0.6) is 0 Å². The van der Waals surface area contributed by atoms with Crippen LogP contribution in [-0.2, 0) is 5.54 Å². The molecule has 0 spiro atoms. The van der Waals surface area contributed by atoms with Crippen LogP contribution < -0.4 is 0 Å². The Morgan fingerprint density at radius 1 is 0.846 bits per heavy atom. The molecule has 4 nitrogen and oxygen atoms in total. The second kappa shape index (κ2) is 7.44. The quantitative estimate of drug-likeness (QED) is 0.366. The number of nitrogens with zero attached hydrogens (tertiary/aromatic N) is 3. The van der Waals surface area contributed by atoms with Crippen LogP contribution in [0.4, 0.5) is 0 Å². The first kappa shape index (κ1) is 17.7. The lowest BCUT2D eigenvalue weighted by molar-refractivity contribution is 0.105. The molecule has 4 heteroatoms. The summed E-state index contributed by atoms with van der Waals surface area (Å²) < 4.78 is 0. The highest BCUT2D eigenvalue weighted by Crippen LogP contribution is 2.45. The molecule has 0 unspecified atom stereocenters. The van der Waals surface area contributed by atoms with Gasteiger partial charge in [-0.15, -0.1) is 0 Å². The summed E-state index contributed by atoms with van der Waals surface area (Å²) in [6.45, 7) is 3.96. The Bertz CT molecular complexity index is 901. The Hall–Kier alpha value is -3.07. The van der Waals surface area contributed by atoms with Crippen molar-refractivity contribution in [2.75, 3.05) is 0 Å². The fourth-order valence-electron chi connectivity index (χ4n) is 3.36. The Labute approximate surface area is 153 Å². The molecule has 0 saturated heterocycles. The number of aliphatic hydroxyl groups excluding tert-OH is 1. The van der Waals surface area contributed by atoms with Gasteiger partial charge in [0, 0.05) is 4.91 Å². The molecule has 0 aromatic heterocycles. The first-order chi connectivity index (χ1) is 12.6. The molecule has 1 N–H and O–H groups in total. The predicted molar refractivity (Wildman–Crippen MR) is 104 cm³/mol. The van der Waals surface area contributed by atoms with Crippen molar-refractivity contribution in [1.29, 1.82) is 0 Å². The molecule has 3 aromatic rings. The van der Waals surface area contributed by atoms with E-state index in [1.54, 1.807) is 0 Å². The maximum atomic E-state index is 11.4. The molecule has 0 bridgehead atoms. The third-order valence-corrected chi connectivity index (χ3v) is 4.63. The smallest absolute Gasteiger partial charge is 0.129 e. The van der Waals surface area contributed by atoms with Crippen molar-refractivity contribution in [3.05, 3.63) is 117 Å². The van der Waals surface area contributed by atoms with Crippen molar-refractivity contribution in [2.45, 2.75) is 25.5 Å². The van der Waals surface area contributed by atoms with Crippen LogP contribution in [0.2, 0.25) is 0 Å². The molecule has 1 atom stereocenters. The highest BCUT2D eigenvalue weighted by atomic mass is 16.3. The third kappa shape index (κ3) is 3.21. The van der Waals surface area contributed by atoms with E-state index in [0.29, 0.717) is 5.56 Å². The van der Waals surface area contributed by atoms with Crippen LogP contribution in [-0.4, -0.2) is 5.11 Å². The molecule has 0 aliphatic heterocycles. The molecule has 0 radical (unpaired) electrons. The zero-order valence-corrected chi connectivity index (χ0v) is 14.9. The third-order valence-electron chi connectivity index (χ3n) is 4.63. The summed E-state index contributed by atoms with van der Waals surface area (Å²) in [5, 5.41) is 15.6. The van der Waals surface area contributed by atoms with Crippen molar-refractivity contribution in [3.8, 4) is 0 Å². The van der Waals surface area contributed by atoms with Gasteiger partial charge in [-0.2, -0.15) is 0 Å². The second-order valence-electron chi connectivity index (χ2n) is 6.51. The standard InChI is InChI=1S/C22H21N3O/c1-16-8-6-12-19(14-16)22(24-25-23,20-13-7-9-17(2)15-20)21(26)18-10-4-3-5-11-18/h3-15,21,26H,1-2H3/t21-/m0/s1. The van der Waals surface area contributed by atoms with Gasteiger partial charge in [-0.3, -0.25) is 0 Å². The molecule has 0 heterocycles. The molecule has 3 rings (SSSR count). The largest absolute Gasteiger partial charge is 0.387 e. The normalized spacial score (nSPS) is 12.3. The summed E-state index contributed by atoms with van der Waals surface area (Å²) in [5.74, 6) is 0. The lowest BCUT2D eigenvalue weighted by Gasteiger charge is -2.35. The summed E-state index contributed by atoms with van der Waals surface area (Å²) in [6.07, 6.45) is -1.02. The molecule has 0 aliphatic carbocycles. The van der Waals surface area contributed by atoms with Crippen LogP contribution in [0.15, 0.2) is 84.0 Å². The van der Waals surface area contributed by atoms with E-state index in [4.69, 9.17) is 0 Å². The highest BCUT2D eigenvalue weighted by Gasteiger charge is 2.42. The number of azide groups is 1. The van der Waals surface area contributed by atoms with Gasteiger partial charge >= 0.3 is 0 Å². The van der Waals surface area contributed by atoms with Gasteiger partial charge in [0.15, 0.2) is 0 Å². The van der Waals surface area contributed by atoms with E-state index in [0.717, 1.165) is 22.3 Å². The van der Waals surface area contributed by atoms with Crippen molar-refractivity contribution >= 4 is 0 Å². The van der Waals surface area contributed by atoms with Gasteiger partial charge in [-0.1, -0.05) is 95.1 Å². The monoisotopic (exact) mass is 343 g/mol. The van der Waals surface area contributed by atoms with Crippen molar-refractivity contribution in [2.24, 2.45) is 5.11 Å². The minimum Gasteiger partial charge on any atom is -0.387 e. The van der Waals surface area contributed by atoms with Crippen LogP contribution in [0.1, 0.15) is 33.9 Å². The zero-order valence-electron chi connectivity index (χ0n) is 14.9. The minimum atomic E-state index is -1.26. The molecule has 0 aliphatic rings. The first-order valence-electron chi connectivity index (χ1n) is 8.51. The Morgan fingerprint density at radius 2 is 1.38 bits per heavy atom. The number of hydrogen-bond donors (Lipinski definition) is 1. The first-order valence-corrected chi connectivity index (χ1v) is 8.51. The van der Waals surface area contributed by atoms with Gasteiger partial charge in [-0.25, -0.2) is 0 Å². The fraction of sp³-hybridized carbons (Fsp3) is 0.182. The SMILES string of the molecule is Cc1cccc(C(N=[N+]=[N-])(c2cccc(C)c2)[C@@H](O)c2ccccc2)c1. The minimum absolute atomic E-state index is 0.697. The number of benzene rings is 3. The Morgan fingerprint density at radius 3 is 1.85 bits per heavy atom. The lowest BCUT2D eigenvalue weighted by atomic mass is 9.76. The van der Waals surface area contributed by atoms with Crippen molar-refractivity contribution in [1.82, 2.24) is 0 Å². The van der Waals surface area contributed by atoms with Crippen LogP contribution >= 0.6 is 0 Å². The molecule has 0 fully saturated rings. The van der Waals surface area contributed by atoms with Gasteiger partial charge in [0.25, 0.3) is 0 Å². The number of rotatable bonds is 5. The Kier molecular flexibility index (Phi) is 5.08. The van der Waals surface area contributed by atoms with E-state index in [1.807, 2.05) is 92.7 Å². The van der Waals surface area contributed by atoms with Gasteiger partial charge in [0.2, 0.25) is 0 Å². The van der Waals surface area contributed by atoms with E-state index < -0.39 is 11.6 Å². The molecule has 26 heavy (non-hydrogen) atoms. The van der Waals surface area contributed by atoms with Gasteiger partial charge in [0.05, 0.1) is 6.10 Å². The van der Waals surface area contributed by atoms with E-state index in [2.05, 4.69) is 10.0 Å². The number of aryl methyl sites for hydroxylation is 2. The predicted octanol–water partition coefficient (Wildman–Crippen LogP) is 5.59. The average molecular weight is 343 g/mol. The summed E-state index contributed by atoms with van der Waals surface area (Å²) in [4.78, 5) is 3.13. The van der Waals surface area contributed by atoms with Crippen LogP contribution in [0.3, 0.4) is 0 Å². The molecule has 3 aromatic carbocycles. The Balaban J connectivity index is 2.34. The van der Waals surface area contributed by atoms with Gasteiger partial charge in [-0.05, 0) is 36.1 Å². The molecule has 130 valence electrons. The zero-order chi connectivity index (χ0) is 18.6. The number of aliphatic hydroxyl groups is 1. The van der Waals surface area contributed by atoms with E-state index in [-0.39, 0.29) is 0 Å². The van der Waals surface area contributed by atoms with Gasteiger partial charge < -0.3 is 5.11 Å². The molecule has 0 amide bonds. The van der Waals surface area contributed by atoms with Crippen molar-refractivity contribution in [3.63, 3.8) is 0 Å². The lowest BCUT2D eigenvalue weighted by Crippen LogP contribution is -2.33. The van der Waals surface area contributed by atoms with Gasteiger partial charge in [0.1, 0.15) is 5.54 Å². The van der Waals surface area contributed by atoms with Crippen LogP contribution in [0, 0.1) is 13.8 Å². The molecular formula is C22H21N3O. The van der Waals surface area contributed by atoms with Crippen molar-refractivity contribution < 1.29 is 5.11 Å². The molecule has 0 saturated carbocycles. The second-order valence-corrected chi connectivity index (χ2v) is 6.51. The summed E-state index contributed by atoms with van der Waals surface area (Å²) in [6, 6.07) is 24.8. The van der Waals surface area contributed by atoms with Crippen LogP contribution in [0.25, 0.3) is 10.4 Å². The maximum absolute atomic E-state index is 11.4. The highest BCUT2D eigenvalue weighted by molar-refractivity contribution is 5.45. The van der Waals surface area contributed by atoms with E-state index in [1.165, 1.54) is 0 Å². The number of hydrogen-bond acceptors (Lipinski definition) is 2. The van der Waals surface area contributed by atoms with E-state index >= 15 is 0 Å². The topological polar surface area (TPSA) is 69.0 Å². The fourth-order valence-corrected chi connectivity index (χ4v) is 3.36. The van der Waals surface area contributed by atoms with E-state index in [9.17, 15) is 10.6 Å². The average Bonchev–Trinajstić information content (AvgIpc) is 2.66. The molecular weight excluding hydrogens is 322 g/mol. The summed E-state index contributed by atoms with van der Waals surface area (Å²) >= 11 is 0. The maximum Gasteiger partial charge on any atom is 0.129 e. The summed E-state index contributed by atoms with van der Waals surface area (Å²) in [5.41, 5.74) is 12.4.